The molecular weight excluding hydrogens is 356 g/mol. The summed E-state index contributed by atoms with van der Waals surface area (Å²) in [5.74, 6) is 1.05. The highest BCUT2D eigenvalue weighted by atomic mass is 19.3. The third-order valence-corrected chi connectivity index (χ3v) is 4.77. The van der Waals surface area contributed by atoms with Crippen molar-refractivity contribution in [2.45, 2.75) is 38.0 Å². The number of amides is 1. The molecule has 1 heterocycles. The summed E-state index contributed by atoms with van der Waals surface area (Å²) < 4.78 is 40.6. The fourth-order valence-electron chi connectivity index (χ4n) is 3.53. The fourth-order valence-corrected chi connectivity index (χ4v) is 3.53. The SMILES string of the molecule is O=C(N[C@@H]1CCCc2cc(OC(F)F)ccc21)[C@H]1COc2ccccc2O1. The highest BCUT2D eigenvalue weighted by Crippen LogP contribution is 2.34. The topological polar surface area (TPSA) is 56.8 Å². The molecule has 4 rings (SSSR count). The van der Waals surface area contributed by atoms with Gasteiger partial charge >= 0.3 is 6.61 Å². The second kappa shape index (κ2) is 7.42. The number of para-hydroxylation sites is 2. The molecule has 2 atom stereocenters. The quantitative estimate of drug-likeness (QED) is 0.887. The van der Waals surface area contributed by atoms with E-state index in [0.717, 1.165) is 30.4 Å². The monoisotopic (exact) mass is 375 g/mol. The van der Waals surface area contributed by atoms with E-state index in [4.69, 9.17) is 9.47 Å². The van der Waals surface area contributed by atoms with Gasteiger partial charge < -0.3 is 19.5 Å². The summed E-state index contributed by atoms with van der Waals surface area (Å²) in [7, 11) is 0. The number of halogens is 2. The second-order valence-corrected chi connectivity index (χ2v) is 6.56. The molecule has 2 aromatic carbocycles. The lowest BCUT2D eigenvalue weighted by Gasteiger charge is -2.30. The molecule has 27 heavy (non-hydrogen) atoms. The minimum Gasteiger partial charge on any atom is -0.485 e. The Morgan fingerprint density at radius 3 is 2.81 bits per heavy atom. The molecule has 2 aliphatic rings. The fraction of sp³-hybridized carbons (Fsp3) is 0.350. The predicted octanol–water partition coefficient (Wildman–Crippen LogP) is 3.62. The van der Waals surface area contributed by atoms with Crippen LogP contribution in [0.2, 0.25) is 0 Å². The third-order valence-electron chi connectivity index (χ3n) is 4.77. The van der Waals surface area contributed by atoms with E-state index in [-0.39, 0.29) is 24.3 Å². The van der Waals surface area contributed by atoms with Crippen molar-refractivity contribution in [2.75, 3.05) is 6.61 Å². The van der Waals surface area contributed by atoms with Gasteiger partial charge in [0.05, 0.1) is 6.04 Å². The molecule has 2 aromatic rings. The van der Waals surface area contributed by atoms with Gasteiger partial charge in [-0.1, -0.05) is 18.2 Å². The van der Waals surface area contributed by atoms with E-state index in [1.807, 2.05) is 12.1 Å². The van der Waals surface area contributed by atoms with Crippen LogP contribution in [0, 0.1) is 0 Å². The van der Waals surface area contributed by atoms with Gasteiger partial charge in [-0.25, -0.2) is 0 Å². The molecule has 7 heteroatoms. The summed E-state index contributed by atoms with van der Waals surface area (Å²) in [5.41, 5.74) is 1.84. The molecule has 142 valence electrons. The number of rotatable bonds is 4. The molecule has 0 fully saturated rings. The lowest BCUT2D eigenvalue weighted by Crippen LogP contribution is -2.45. The maximum absolute atomic E-state index is 12.7. The average Bonchev–Trinajstić information content (AvgIpc) is 2.67. The van der Waals surface area contributed by atoms with Crippen LogP contribution in [0.15, 0.2) is 42.5 Å². The van der Waals surface area contributed by atoms with E-state index in [0.29, 0.717) is 11.5 Å². The first-order valence-electron chi connectivity index (χ1n) is 8.86. The van der Waals surface area contributed by atoms with Crippen molar-refractivity contribution >= 4 is 5.91 Å². The maximum atomic E-state index is 12.7. The number of ether oxygens (including phenoxy) is 3. The van der Waals surface area contributed by atoms with Gasteiger partial charge in [-0.2, -0.15) is 8.78 Å². The summed E-state index contributed by atoms with van der Waals surface area (Å²) in [6, 6.07) is 11.9. The zero-order valence-corrected chi connectivity index (χ0v) is 14.5. The zero-order chi connectivity index (χ0) is 18.8. The van der Waals surface area contributed by atoms with Crippen LogP contribution in [0.4, 0.5) is 8.78 Å². The maximum Gasteiger partial charge on any atom is 0.387 e. The number of benzene rings is 2. The van der Waals surface area contributed by atoms with Gasteiger partial charge in [-0.05, 0) is 54.7 Å². The van der Waals surface area contributed by atoms with E-state index in [1.165, 1.54) is 6.07 Å². The van der Waals surface area contributed by atoms with Gasteiger partial charge in [0.2, 0.25) is 6.10 Å². The van der Waals surface area contributed by atoms with Crippen LogP contribution < -0.4 is 19.5 Å². The zero-order valence-electron chi connectivity index (χ0n) is 14.5. The standard InChI is InChI=1S/C20H19F2NO4/c21-20(22)26-13-8-9-14-12(10-13)4-3-5-15(14)23-19(24)18-11-25-16-6-1-2-7-17(16)27-18/h1-2,6-10,15,18,20H,3-5,11H2,(H,23,24)/t15-,18-/m1/s1. The van der Waals surface area contributed by atoms with Crippen LogP contribution >= 0.6 is 0 Å². The van der Waals surface area contributed by atoms with Crippen molar-refractivity contribution in [3.05, 3.63) is 53.6 Å². The van der Waals surface area contributed by atoms with E-state index in [9.17, 15) is 13.6 Å². The number of alkyl halides is 2. The molecule has 0 saturated carbocycles. The van der Waals surface area contributed by atoms with Crippen molar-refractivity contribution in [3.63, 3.8) is 0 Å². The van der Waals surface area contributed by atoms with Crippen LogP contribution in [0.25, 0.3) is 0 Å². The third kappa shape index (κ3) is 3.82. The summed E-state index contributed by atoms with van der Waals surface area (Å²) in [5, 5.41) is 3.00. The van der Waals surface area contributed by atoms with Gasteiger partial charge in [0.15, 0.2) is 11.5 Å². The van der Waals surface area contributed by atoms with E-state index >= 15 is 0 Å². The number of aryl methyl sites for hydroxylation is 1. The van der Waals surface area contributed by atoms with Gasteiger partial charge in [0.25, 0.3) is 5.91 Å². The van der Waals surface area contributed by atoms with Gasteiger partial charge in [0, 0.05) is 0 Å². The van der Waals surface area contributed by atoms with Crippen LogP contribution in [0.3, 0.4) is 0 Å². The highest BCUT2D eigenvalue weighted by molar-refractivity contribution is 5.82. The Balaban J connectivity index is 1.45. The normalized spacial score (nSPS) is 20.7. The molecule has 0 saturated heterocycles. The first kappa shape index (κ1) is 17.6. The molecule has 0 aromatic heterocycles. The number of nitrogens with one attached hydrogen (secondary N) is 1. The summed E-state index contributed by atoms with van der Waals surface area (Å²) >= 11 is 0. The Hall–Kier alpha value is -2.83. The highest BCUT2D eigenvalue weighted by Gasteiger charge is 2.30. The van der Waals surface area contributed by atoms with Crippen LogP contribution in [0.1, 0.15) is 30.0 Å². The average molecular weight is 375 g/mol. The summed E-state index contributed by atoms with van der Waals surface area (Å²) in [4.78, 5) is 12.7. The second-order valence-electron chi connectivity index (χ2n) is 6.56. The van der Waals surface area contributed by atoms with Crippen LogP contribution in [0.5, 0.6) is 17.2 Å². The molecule has 1 amide bonds. The molecule has 5 nitrogen and oxygen atoms in total. The molecule has 0 unspecified atom stereocenters. The Morgan fingerprint density at radius 1 is 1.19 bits per heavy atom. The molecule has 0 bridgehead atoms. The van der Waals surface area contributed by atoms with Gasteiger partial charge in [-0.3, -0.25) is 4.79 Å². The number of fused-ring (bicyclic) bond motifs is 2. The van der Waals surface area contributed by atoms with E-state index in [2.05, 4.69) is 10.1 Å². The largest absolute Gasteiger partial charge is 0.485 e. The van der Waals surface area contributed by atoms with Crippen molar-refractivity contribution in [2.24, 2.45) is 0 Å². The molecule has 0 spiro atoms. The summed E-state index contributed by atoms with van der Waals surface area (Å²) in [6.45, 7) is -2.71. The Labute approximate surface area is 155 Å². The number of hydrogen-bond donors (Lipinski definition) is 1. The summed E-state index contributed by atoms with van der Waals surface area (Å²) in [6.07, 6.45) is 1.66. The minimum atomic E-state index is -2.85. The first-order chi connectivity index (χ1) is 13.1. The Morgan fingerprint density at radius 2 is 2.00 bits per heavy atom. The van der Waals surface area contributed by atoms with Crippen LogP contribution in [-0.2, 0) is 11.2 Å². The molecule has 1 aliphatic heterocycles. The molecular formula is C20H19F2NO4. The Kier molecular flexibility index (Phi) is 4.83. The van der Waals surface area contributed by atoms with E-state index in [1.54, 1.807) is 24.3 Å². The predicted molar refractivity (Wildman–Crippen MR) is 93.2 cm³/mol. The smallest absolute Gasteiger partial charge is 0.387 e. The van der Waals surface area contributed by atoms with Crippen LogP contribution in [-0.4, -0.2) is 25.2 Å². The lowest BCUT2D eigenvalue weighted by molar-refractivity contribution is -0.131. The minimum absolute atomic E-state index is 0.136. The Bertz CT molecular complexity index is 842. The molecule has 0 radical (unpaired) electrons. The van der Waals surface area contributed by atoms with Gasteiger partial charge in [0.1, 0.15) is 12.4 Å². The first-order valence-corrected chi connectivity index (χ1v) is 8.86. The van der Waals surface area contributed by atoms with Crippen molar-refractivity contribution in [3.8, 4) is 17.2 Å². The lowest BCUT2D eigenvalue weighted by atomic mass is 9.87. The molecule has 1 aliphatic carbocycles. The molecule has 1 N–H and O–H groups in total. The number of hydrogen-bond acceptors (Lipinski definition) is 4. The van der Waals surface area contributed by atoms with Gasteiger partial charge in [-0.15, -0.1) is 0 Å². The number of carbonyl (C=O) groups is 1. The van der Waals surface area contributed by atoms with Crippen molar-refractivity contribution < 1.29 is 27.8 Å². The number of carbonyl (C=O) groups excluding carboxylic acids is 1. The van der Waals surface area contributed by atoms with Crippen molar-refractivity contribution in [1.82, 2.24) is 5.32 Å². The van der Waals surface area contributed by atoms with Crippen molar-refractivity contribution in [1.29, 1.82) is 0 Å². The van der Waals surface area contributed by atoms with E-state index < -0.39 is 12.7 Å².